The summed E-state index contributed by atoms with van der Waals surface area (Å²) in [5.41, 5.74) is 0. The summed E-state index contributed by atoms with van der Waals surface area (Å²) in [6.45, 7) is 10.4. The minimum absolute atomic E-state index is 0.540. The van der Waals surface area contributed by atoms with E-state index in [1.54, 1.807) is 0 Å². The van der Waals surface area contributed by atoms with Crippen molar-refractivity contribution in [3.63, 3.8) is 0 Å². The largest absolute Gasteiger partial charge is 0.493 e. The molecule has 0 radical (unpaired) electrons. The summed E-state index contributed by atoms with van der Waals surface area (Å²) >= 11 is 0. The zero-order chi connectivity index (χ0) is 24.9. The Kier molecular flexibility index (Phi) is 11.3. The third-order valence-corrected chi connectivity index (χ3v) is 6.92. The zero-order valence-electron chi connectivity index (χ0n) is 22.2. The minimum Gasteiger partial charge on any atom is -0.493 e. The van der Waals surface area contributed by atoms with Crippen molar-refractivity contribution in [2.24, 2.45) is 11.8 Å². The van der Waals surface area contributed by atoms with Gasteiger partial charge in [-0.3, -0.25) is 0 Å². The molecule has 0 aliphatic carbocycles. The molecule has 0 spiro atoms. The van der Waals surface area contributed by atoms with Crippen LogP contribution in [0.1, 0.15) is 79.1 Å². The summed E-state index contributed by atoms with van der Waals surface area (Å²) in [7, 11) is 0. The van der Waals surface area contributed by atoms with Gasteiger partial charge in [0, 0.05) is 16.8 Å². The van der Waals surface area contributed by atoms with E-state index in [2.05, 4.69) is 52.0 Å². The van der Waals surface area contributed by atoms with Crippen molar-refractivity contribution in [3.8, 4) is 23.0 Å². The zero-order valence-corrected chi connectivity index (χ0v) is 22.2. The van der Waals surface area contributed by atoms with E-state index < -0.39 is 0 Å². The Morgan fingerprint density at radius 1 is 0.629 bits per heavy atom. The van der Waals surface area contributed by atoms with Crippen molar-refractivity contribution >= 4 is 10.8 Å². The number of unbranched alkanes of at least 4 members (excludes halogenated alkanes) is 2. The molecular formula is C32H44O3. The van der Waals surface area contributed by atoms with Gasteiger partial charge in [-0.15, -0.1) is 0 Å². The summed E-state index contributed by atoms with van der Waals surface area (Å²) < 4.78 is 19.4. The molecule has 3 heteroatoms. The molecule has 0 saturated heterocycles. The van der Waals surface area contributed by atoms with Crippen LogP contribution in [0.5, 0.6) is 23.0 Å². The molecular weight excluding hydrogens is 432 g/mol. The number of fused-ring (bicyclic) bond motifs is 1. The Morgan fingerprint density at radius 3 is 1.80 bits per heavy atom. The molecule has 0 aromatic heterocycles. The lowest BCUT2D eigenvalue weighted by molar-refractivity contribution is 0.225. The molecule has 0 saturated carbocycles. The fourth-order valence-corrected chi connectivity index (χ4v) is 4.46. The maximum Gasteiger partial charge on any atom is 0.173 e. The first-order valence-electron chi connectivity index (χ1n) is 13.7. The summed E-state index contributed by atoms with van der Waals surface area (Å²) in [6.07, 6.45) is 9.55. The highest BCUT2D eigenvalue weighted by atomic mass is 16.5. The van der Waals surface area contributed by atoms with Crippen LogP contribution in [0.2, 0.25) is 0 Å². The van der Waals surface area contributed by atoms with Crippen molar-refractivity contribution in [2.75, 3.05) is 13.2 Å². The summed E-state index contributed by atoms with van der Waals surface area (Å²) in [6, 6.07) is 20.4. The van der Waals surface area contributed by atoms with Gasteiger partial charge in [0.25, 0.3) is 0 Å². The highest BCUT2D eigenvalue weighted by molar-refractivity contribution is 5.95. The van der Waals surface area contributed by atoms with Crippen LogP contribution in [0.3, 0.4) is 0 Å². The first-order valence-corrected chi connectivity index (χ1v) is 13.7. The molecule has 3 aromatic rings. The summed E-state index contributed by atoms with van der Waals surface area (Å²) in [5.74, 6) is 4.30. The predicted octanol–water partition coefficient (Wildman–Crippen LogP) is 9.82. The van der Waals surface area contributed by atoms with Crippen molar-refractivity contribution in [1.29, 1.82) is 0 Å². The van der Waals surface area contributed by atoms with Crippen LogP contribution in [0, 0.1) is 11.8 Å². The van der Waals surface area contributed by atoms with Crippen molar-refractivity contribution in [1.82, 2.24) is 0 Å². The molecule has 0 N–H and O–H groups in total. The van der Waals surface area contributed by atoms with Gasteiger partial charge in [-0.2, -0.15) is 0 Å². The summed E-state index contributed by atoms with van der Waals surface area (Å²) in [4.78, 5) is 0. The topological polar surface area (TPSA) is 27.7 Å². The van der Waals surface area contributed by atoms with Crippen LogP contribution in [0.25, 0.3) is 10.8 Å². The Hall–Kier alpha value is -2.68. The molecule has 0 heterocycles. The van der Waals surface area contributed by atoms with Gasteiger partial charge in [-0.05, 0) is 36.8 Å². The lowest BCUT2D eigenvalue weighted by atomic mass is 10.00. The molecule has 3 aromatic carbocycles. The van der Waals surface area contributed by atoms with Crippen molar-refractivity contribution < 1.29 is 14.2 Å². The van der Waals surface area contributed by atoms with Crippen LogP contribution in [-0.2, 0) is 0 Å². The number of hydrogen-bond donors (Lipinski definition) is 0. The molecule has 35 heavy (non-hydrogen) atoms. The third kappa shape index (κ3) is 7.92. The number of para-hydroxylation sites is 1. The van der Waals surface area contributed by atoms with Crippen LogP contribution >= 0.6 is 0 Å². The Labute approximate surface area is 212 Å². The number of hydrogen-bond acceptors (Lipinski definition) is 3. The molecule has 3 rings (SSSR count). The van der Waals surface area contributed by atoms with Crippen LogP contribution in [0.4, 0.5) is 0 Å². The maximum absolute atomic E-state index is 6.55. The van der Waals surface area contributed by atoms with E-state index in [-0.39, 0.29) is 0 Å². The van der Waals surface area contributed by atoms with Gasteiger partial charge in [-0.25, -0.2) is 0 Å². The van der Waals surface area contributed by atoms with E-state index in [0.717, 1.165) is 53.2 Å². The first kappa shape index (κ1) is 26.9. The quantitative estimate of drug-likeness (QED) is 0.206. The molecule has 190 valence electrons. The molecule has 2 unspecified atom stereocenters. The molecule has 2 atom stereocenters. The normalized spacial score (nSPS) is 12.9. The Balaban J connectivity index is 1.95. The van der Waals surface area contributed by atoms with Gasteiger partial charge < -0.3 is 14.2 Å². The van der Waals surface area contributed by atoms with Crippen LogP contribution in [-0.4, -0.2) is 13.2 Å². The van der Waals surface area contributed by atoms with Gasteiger partial charge in [0.15, 0.2) is 11.5 Å². The monoisotopic (exact) mass is 476 g/mol. The Bertz CT molecular complexity index is 998. The van der Waals surface area contributed by atoms with Gasteiger partial charge in [-0.1, -0.05) is 109 Å². The SMILES string of the molecule is CCCCC(CC)COc1cc(Oc2ccccc2)c(OCC(CC)CCCC)c2ccccc12. The van der Waals surface area contributed by atoms with E-state index >= 15 is 0 Å². The van der Waals surface area contributed by atoms with Crippen molar-refractivity contribution in [3.05, 3.63) is 60.7 Å². The van der Waals surface area contributed by atoms with E-state index in [1.165, 1.54) is 38.5 Å². The molecule has 0 amide bonds. The smallest absolute Gasteiger partial charge is 0.173 e. The van der Waals surface area contributed by atoms with Crippen LogP contribution < -0.4 is 14.2 Å². The average molecular weight is 477 g/mol. The second kappa shape index (κ2) is 14.7. The predicted molar refractivity (Wildman–Crippen MR) is 148 cm³/mol. The standard InChI is InChI=1S/C32H44O3/c1-5-9-16-25(7-3)23-33-30-22-31(35-27-18-12-11-13-19-27)32(29-21-15-14-20-28(29)30)34-24-26(8-4)17-10-6-2/h11-15,18-22,25-26H,5-10,16-17,23-24H2,1-4H3. The van der Waals surface area contributed by atoms with E-state index in [9.17, 15) is 0 Å². The molecule has 0 aliphatic rings. The van der Waals surface area contributed by atoms with Gasteiger partial charge in [0.1, 0.15) is 11.5 Å². The second-order valence-electron chi connectivity index (χ2n) is 9.62. The lowest BCUT2D eigenvalue weighted by Gasteiger charge is -2.22. The lowest BCUT2D eigenvalue weighted by Crippen LogP contribution is -2.13. The summed E-state index contributed by atoms with van der Waals surface area (Å²) in [5, 5.41) is 2.12. The third-order valence-electron chi connectivity index (χ3n) is 6.92. The molecule has 0 fully saturated rings. The highest BCUT2D eigenvalue weighted by Crippen LogP contribution is 2.44. The van der Waals surface area contributed by atoms with E-state index in [4.69, 9.17) is 14.2 Å². The highest BCUT2D eigenvalue weighted by Gasteiger charge is 2.19. The van der Waals surface area contributed by atoms with E-state index in [0.29, 0.717) is 18.4 Å². The fourth-order valence-electron chi connectivity index (χ4n) is 4.46. The average Bonchev–Trinajstić information content (AvgIpc) is 2.90. The molecule has 0 bridgehead atoms. The van der Waals surface area contributed by atoms with Crippen LogP contribution in [0.15, 0.2) is 60.7 Å². The Morgan fingerprint density at radius 2 is 1.20 bits per heavy atom. The van der Waals surface area contributed by atoms with Crippen molar-refractivity contribution in [2.45, 2.75) is 79.1 Å². The second-order valence-corrected chi connectivity index (χ2v) is 9.62. The first-order chi connectivity index (χ1) is 17.2. The number of benzene rings is 3. The number of ether oxygens (including phenoxy) is 3. The van der Waals surface area contributed by atoms with Gasteiger partial charge >= 0.3 is 0 Å². The fraction of sp³-hybridized carbons (Fsp3) is 0.500. The van der Waals surface area contributed by atoms with Gasteiger partial charge in [0.05, 0.1) is 13.2 Å². The van der Waals surface area contributed by atoms with E-state index in [1.807, 2.05) is 36.4 Å². The molecule has 0 aliphatic heterocycles. The maximum atomic E-state index is 6.55. The number of rotatable bonds is 16. The minimum atomic E-state index is 0.540. The van der Waals surface area contributed by atoms with Gasteiger partial charge in [0.2, 0.25) is 0 Å². The molecule has 3 nitrogen and oxygen atoms in total.